The zero-order valence-corrected chi connectivity index (χ0v) is 20.6. The highest BCUT2D eigenvalue weighted by atomic mass is 15.5. The molecule has 0 saturated carbocycles. The molecule has 2 aliphatic heterocycles. The van der Waals surface area contributed by atoms with E-state index >= 15 is 0 Å². The van der Waals surface area contributed by atoms with E-state index in [-0.39, 0.29) is 0 Å². The number of rotatable bonds is 9. The van der Waals surface area contributed by atoms with E-state index in [1.165, 1.54) is 63.7 Å². The van der Waals surface area contributed by atoms with E-state index in [0.29, 0.717) is 0 Å². The highest BCUT2D eigenvalue weighted by molar-refractivity contribution is 5.16. The third-order valence-electron chi connectivity index (χ3n) is 7.15. The molecule has 0 amide bonds. The monoisotopic (exact) mass is 442 g/mol. The van der Waals surface area contributed by atoms with Crippen LogP contribution in [0.15, 0.2) is 12.1 Å². The topological polar surface area (TPSA) is 48.6 Å². The van der Waals surface area contributed by atoms with Crippen LogP contribution in [0.2, 0.25) is 0 Å². The summed E-state index contributed by atoms with van der Waals surface area (Å²) in [5, 5.41) is 9.34. The van der Waals surface area contributed by atoms with Crippen molar-refractivity contribution in [3.8, 4) is 0 Å². The Bertz CT molecular complexity index is 775. The van der Waals surface area contributed by atoms with Crippen LogP contribution in [0, 0.1) is 13.8 Å². The fourth-order valence-electron chi connectivity index (χ4n) is 4.93. The van der Waals surface area contributed by atoms with Crippen molar-refractivity contribution in [2.75, 3.05) is 79.5 Å². The number of aryl methyl sites for hydroxylation is 4. The maximum Gasteiger partial charge on any atom is 0.153 e. The predicted molar refractivity (Wildman–Crippen MR) is 129 cm³/mol. The first-order valence-electron chi connectivity index (χ1n) is 12.4. The van der Waals surface area contributed by atoms with E-state index in [1.54, 1.807) is 0 Å². The van der Waals surface area contributed by atoms with Gasteiger partial charge < -0.3 is 19.6 Å². The third kappa shape index (κ3) is 5.78. The highest BCUT2D eigenvalue weighted by Crippen LogP contribution is 2.15. The second kappa shape index (κ2) is 10.9. The van der Waals surface area contributed by atoms with E-state index in [4.69, 9.17) is 0 Å². The fraction of sp³-hybridized carbons (Fsp3) is 0.750. The molecule has 2 aromatic rings. The van der Waals surface area contributed by atoms with Crippen LogP contribution in [0.25, 0.3) is 0 Å². The van der Waals surface area contributed by atoms with Crippen LogP contribution in [0.5, 0.6) is 0 Å². The summed E-state index contributed by atoms with van der Waals surface area (Å²) in [6.45, 7) is 16.0. The van der Waals surface area contributed by atoms with Crippen molar-refractivity contribution in [3.05, 3.63) is 35.2 Å². The lowest BCUT2D eigenvalue weighted by atomic mass is 10.2. The van der Waals surface area contributed by atoms with Gasteiger partial charge in [-0.1, -0.05) is 0 Å². The summed E-state index contributed by atoms with van der Waals surface area (Å²) < 4.78 is 4.61. The van der Waals surface area contributed by atoms with E-state index in [1.807, 2.05) is 0 Å². The molecule has 2 aliphatic rings. The van der Waals surface area contributed by atoms with E-state index in [0.717, 1.165) is 50.4 Å². The van der Waals surface area contributed by atoms with Crippen molar-refractivity contribution in [1.29, 1.82) is 0 Å². The van der Waals surface area contributed by atoms with Gasteiger partial charge >= 0.3 is 0 Å². The average molecular weight is 443 g/mol. The van der Waals surface area contributed by atoms with Gasteiger partial charge in [-0.05, 0) is 66.0 Å². The van der Waals surface area contributed by atoms with Crippen LogP contribution in [0.3, 0.4) is 0 Å². The summed E-state index contributed by atoms with van der Waals surface area (Å²) in [4.78, 5) is 10.0. The molecule has 0 radical (unpaired) electrons. The summed E-state index contributed by atoms with van der Waals surface area (Å²) in [7, 11) is 4.43. The molecule has 8 nitrogen and oxygen atoms in total. The Kier molecular flexibility index (Phi) is 7.99. The molecule has 0 atom stereocenters. The number of aromatic nitrogens is 4. The standard InChI is InChI=1S/C24H42N8/c1-21-9-10-22(2)31(21)32-23(7-5-11-29-17-13-27(3)14-18-29)25-26-24(32)8-6-12-30-19-15-28(4)16-20-30/h9-10H,5-8,11-20H2,1-4H3. The Hall–Kier alpha value is -1.74. The van der Waals surface area contributed by atoms with Crippen LogP contribution in [0.1, 0.15) is 35.9 Å². The van der Waals surface area contributed by atoms with E-state index < -0.39 is 0 Å². The molecule has 0 N–H and O–H groups in total. The minimum Gasteiger partial charge on any atom is -0.304 e. The molecule has 0 aliphatic carbocycles. The number of hydrogen-bond donors (Lipinski definition) is 0. The number of piperazine rings is 2. The molecule has 2 fully saturated rings. The molecule has 178 valence electrons. The SMILES string of the molecule is Cc1ccc(C)n1-n1c(CCCN2CCN(C)CC2)nnc1CCCN1CCN(C)CC1. The molecule has 0 spiro atoms. The van der Waals surface area contributed by atoms with Gasteiger partial charge in [0.25, 0.3) is 0 Å². The molecule has 2 aromatic heterocycles. The first-order chi connectivity index (χ1) is 15.5. The molecule has 0 bridgehead atoms. The number of nitrogens with zero attached hydrogens (tertiary/aromatic N) is 8. The molecule has 0 unspecified atom stereocenters. The molecule has 0 aromatic carbocycles. The van der Waals surface area contributed by atoms with Gasteiger partial charge in [-0.25, -0.2) is 4.68 Å². The summed E-state index contributed by atoms with van der Waals surface area (Å²) in [6, 6.07) is 4.38. The zero-order chi connectivity index (χ0) is 22.5. The van der Waals surface area contributed by atoms with Gasteiger partial charge in [-0.2, -0.15) is 0 Å². The van der Waals surface area contributed by atoms with Gasteiger partial charge in [-0.15, -0.1) is 10.2 Å². The minimum atomic E-state index is 0.967. The lowest BCUT2D eigenvalue weighted by Gasteiger charge is -2.32. The summed E-state index contributed by atoms with van der Waals surface area (Å²) in [5.41, 5.74) is 2.48. The second-order valence-electron chi connectivity index (χ2n) is 9.77. The first-order valence-corrected chi connectivity index (χ1v) is 12.4. The van der Waals surface area contributed by atoms with Crippen molar-refractivity contribution < 1.29 is 0 Å². The van der Waals surface area contributed by atoms with Crippen LogP contribution >= 0.6 is 0 Å². The Labute approximate surface area is 193 Å². The first kappa shape index (κ1) is 23.4. The molecule has 8 heteroatoms. The lowest BCUT2D eigenvalue weighted by molar-refractivity contribution is 0.152. The van der Waals surface area contributed by atoms with Gasteiger partial charge in [0.15, 0.2) is 11.6 Å². The van der Waals surface area contributed by atoms with E-state index in [9.17, 15) is 0 Å². The van der Waals surface area contributed by atoms with Gasteiger partial charge in [0.1, 0.15) is 0 Å². The van der Waals surface area contributed by atoms with Crippen molar-refractivity contribution in [3.63, 3.8) is 0 Å². The zero-order valence-electron chi connectivity index (χ0n) is 20.6. The minimum absolute atomic E-state index is 0.967. The van der Waals surface area contributed by atoms with Gasteiger partial charge in [-0.3, -0.25) is 4.68 Å². The molecular weight excluding hydrogens is 400 g/mol. The van der Waals surface area contributed by atoms with Crippen molar-refractivity contribution >= 4 is 0 Å². The lowest BCUT2D eigenvalue weighted by Crippen LogP contribution is -2.44. The highest BCUT2D eigenvalue weighted by Gasteiger charge is 2.19. The fourth-order valence-corrected chi connectivity index (χ4v) is 4.93. The normalized spacial score (nSPS) is 19.8. The maximum atomic E-state index is 4.67. The Balaban J connectivity index is 1.39. The number of likely N-dealkylation sites (N-methyl/N-ethyl adjacent to an activating group) is 2. The third-order valence-corrected chi connectivity index (χ3v) is 7.15. The molecule has 4 heterocycles. The van der Waals surface area contributed by atoms with Crippen LogP contribution < -0.4 is 0 Å². The molecule has 4 rings (SSSR count). The Morgan fingerprint density at radius 3 is 1.44 bits per heavy atom. The quantitative estimate of drug-likeness (QED) is 0.585. The Morgan fingerprint density at radius 1 is 0.625 bits per heavy atom. The second-order valence-corrected chi connectivity index (χ2v) is 9.77. The van der Waals surface area contributed by atoms with Gasteiger partial charge in [0.05, 0.1) is 0 Å². The maximum absolute atomic E-state index is 4.67. The molecule has 2 saturated heterocycles. The average Bonchev–Trinajstić information content (AvgIpc) is 3.32. The van der Waals surface area contributed by atoms with Crippen molar-refractivity contribution in [1.82, 2.24) is 39.1 Å². The van der Waals surface area contributed by atoms with Crippen LogP contribution in [-0.4, -0.2) is 119 Å². The number of hydrogen-bond acceptors (Lipinski definition) is 6. The molecule has 32 heavy (non-hydrogen) atoms. The van der Waals surface area contributed by atoms with Crippen molar-refractivity contribution in [2.24, 2.45) is 0 Å². The van der Waals surface area contributed by atoms with Crippen molar-refractivity contribution in [2.45, 2.75) is 39.5 Å². The van der Waals surface area contributed by atoms with Gasteiger partial charge in [0.2, 0.25) is 0 Å². The van der Waals surface area contributed by atoms with Crippen LogP contribution in [-0.2, 0) is 12.8 Å². The van der Waals surface area contributed by atoms with Gasteiger partial charge in [0, 0.05) is 76.6 Å². The Morgan fingerprint density at radius 2 is 1.03 bits per heavy atom. The molecular formula is C24H42N8. The van der Waals surface area contributed by atoms with E-state index in [2.05, 4.69) is 79.2 Å². The summed E-state index contributed by atoms with van der Waals surface area (Å²) >= 11 is 0. The largest absolute Gasteiger partial charge is 0.304 e. The predicted octanol–water partition coefficient (Wildman–Crippen LogP) is 1.37. The smallest absolute Gasteiger partial charge is 0.153 e. The van der Waals surface area contributed by atoms with Crippen LogP contribution in [0.4, 0.5) is 0 Å². The summed E-state index contributed by atoms with van der Waals surface area (Å²) in [5.74, 6) is 2.19. The summed E-state index contributed by atoms with van der Waals surface area (Å²) in [6.07, 6.45) is 4.19.